The largest absolute Gasteiger partial charge is 0.481 e. The van der Waals surface area contributed by atoms with Gasteiger partial charge in [0.2, 0.25) is 5.95 Å². The Morgan fingerprint density at radius 1 is 1.38 bits per heavy atom. The van der Waals surface area contributed by atoms with Crippen LogP contribution in [-0.4, -0.2) is 36.7 Å². The molecule has 0 bridgehead atoms. The van der Waals surface area contributed by atoms with Crippen molar-refractivity contribution in [1.29, 1.82) is 0 Å². The van der Waals surface area contributed by atoms with Gasteiger partial charge in [-0.1, -0.05) is 0 Å². The molecule has 0 saturated heterocycles. The van der Waals surface area contributed by atoms with E-state index < -0.39 is 22.6 Å². The normalized spacial score (nSPS) is 16.1. The van der Waals surface area contributed by atoms with E-state index in [0.717, 1.165) is 4.57 Å². The molecular formula is C12H15N5O4. The molecule has 9 heteroatoms. The van der Waals surface area contributed by atoms with Crippen molar-refractivity contribution in [3.05, 3.63) is 20.8 Å². The molecule has 0 radical (unpaired) electrons. The van der Waals surface area contributed by atoms with Gasteiger partial charge < -0.3 is 15.4 Å². The van der Waals surface area contributed by atoms with Gasteiger partial charge in [0.15, 0.2) is 11.2 Å². The summed E-state index contributed by atoms with van der Waals surface area (Å²) < 4.78 is 2.26. The molecule has 2 heterocycles. The molecule has 0 spiro atoms. The van der Waals surface area contributed by atoms with E-state index >= 15 is 0 Å². The monoisotopic (exact) mass is 293 g/mol. The Balaban J connectivity index is 1.97. The van der Waals surface area contributed by atoms with Crippen molar-refractivity contribution in [2.45, 2.75) is 12.8 Å². The molecule has 3 N–H and O–H groups in total. The summed E-state index contributed by atoms with van der Waals surface area (Å²) in [5, 5.41) is 12.0. The topological polar surface area (TPSA) is 122 Å². The van der Waals surface area contributed by atoms with Gasteiger partial charge in [-0.15, -0.1) is 0 Å². The second kappa shape index (κ2) is 4.21. The smallest absolute Gasteiger partial charge is 0.332 e. The summed E-state index contributed by atoms with van der Waals surface area (Å²) in [4.78, 5) is 41.9. The van der Waals surface area contributed by atoms with Gasteiger partial charge in [0.05, 0.1) is 5.41 Å². The summed E-state index contributed by atoms with van der Waals surface area (Å²) in [7, 11) is 2.91. The van der Waals surface area contributed by atoms with E-state index in [4.69, 9.17) is 5.11 Å². The van der Waals surface area contributed by atoms with Gasteiger partial charge in [0.1, 0.15) is 0 Å². The van der Waals surface area contributed by atoms with E-state index in [1.807, 2.05) is 0 Å². The lowest BCUT2D eigenvalue weighted by Crippen LogP contribution is -2.36. The average molecular weight is 293 g/mol. The Hall–Kier alpha value is -2.58. The van der Waals surface area contributed by atoms with Gasteiger partial charge in [0.25, 0.3) is 5.56 Å². The molecule has 0 amide bonds. The Bertz CT molecular complexity index is 855. The summed E-state index contributed by atoms with van der Waals surface area (Å²) >= 11 is 0. The minimum atomic E-state index is -0.838. The third-order valence-electron chi connectivity index (χ3n) is 4.00. The first-order valence-corrected chi connectivity index (χ1v) is 6.49. The van der Waals surface area contributed by atoms with Crippen LogP contribution in [0.3, 0.4) is 0 Å². The number of aliphatic carboxylic acids is 1. The fourth-order valence-corrected chi connectivity index (χ4v) is 2.28. The SMILES string of the molecule is Cn1c(=O)c2[nH]c(NCC3(C(=O)O)CC3)nc2n(C)c1=O. The Kier molecular flexibility index (Phi) is 2.68. The fourth-order valence-electron chi connectivity index (χ4n) is 2.28. The number of H-pyrrole nitrogens is 1. The van der Waals surface area contributed by atoms with Crippen LogP contribution >= 0.6 is 0 Å². The number of imidazole rings is 1. The van der Waals surface area contributed by atoms with E-state index in [-0.39, 0.29) is 23.7 Å². The second-order valence-corrected chi connectivity index (χ2v) is 5.43. The van der Waals surface area contributed by atoms with Crippen LogP contribution in [0.4, 0.5) is 5.95 Å². The average Bonchev–Trinajstić information content (AvgIpc) is 3.14. The molecular weight excluding hydrogens is 278 g/mol. The third-order valence-corrected chi connectivity index (χ3v) is 4.00. The standard InChI is InChI=1S/C12H15N5O4/c1-16-7-6(8(18)17(2)11(16)21)14-10(15-7)13-5-12(3-4-12)9(19)20/h3-5H2,1-2H3,(H,19,20)(H2,13,14,15). The molecule has 0 unspecified atom stereocenters. The Morgan fingerprint density at radius 2 is 2.05 bits per heavy atom. The zero-order valence-corrected chi connectivity index (χ0v) is 11.6. The lowest BCUT2D eigenvalue weighted by atomic mass is 10.1. The van der Waals surface area contributed by atoms with Crippen LogP contribution in [0.25, 0.3) is 11.2 Å². The minimum absolute atomic E-state index is 0.210. The number of aromatic nitrogens is 4. The third kappa shape index (κ3) is 1.92. The molecule has 2 aromatic rings. The quantitative estimate of drug-likeness (QED) is 0.681. The number of fused-ring (bicyclic) bond motifs is 1. The summed E-state index contributed by atoms with van der Waals surface area (Å²) in [6.45, 7) is 0.233. The van der Waals surface area contributed by atoms with Gasteiger partial charge in [-0.25, -0.2) is 4.79 Å². The number of hydrogen-bond donors (Lipinski definition) is 3. The van der Waals surface area contributed by atoms with Gasteiger partial charge in [-0.05, 0) is 12.8 Å². The number of carboxylic acids is 1. The molecule has 1 aliphatic carbocycles. The van der Waals surface area contributed by atoms with E-state index in [1.54, 1.807) is 0 Å². The van der Waals surface area contributed by atoms with Crippen molar-refractivity contribution in [1.82, 2.24) is 19.1 Å². The first kappa shape index (κ1) is 13.4. The molecule has 112 valence electrons. The lowest BCUT2D eigenvalue weighted by Gasteiger charge is -2.09. The number of carboxylic acid groups (broad SMARTS) is 1. The van der Waals surface area contributed by atoms with Crippen LogP contribution in [-0.2, 0) is 18.9 Å². The van der Waals surface area contributed by atoms with Crippen LogP contribution in [0.2, 0.25) is 0 Å². The molecule has 21 heavy (non-hydrogen) atoms. The highest BCUT2D eigenvalue weighted by Gasteiger charge is 2.50. The second-order valence-electron chi connectivity index (χ2n) is 5.43. The molecule has 1 saturated carbocycles. The molecule has 3 rings (SSSR count). The van der Waals surface area contributed by atoms with Gasteiger partial charge in [-0.2, -0.15) is 4.98 Å². The van der Waals surface area contributed by atoms with Crippen molar-refractivity contribution in [3.8, 4) is 0 Å². The van der Waals surface area contributed by atoms with E-state index in [0.29, 0.717) is 12.8 Å². The van der Waals surface area contributed by atoms with E-state index in [9.17, 15) is 14.4 Å². The number of nitrogens with zero attached hydrogens (tertiary/aromatic N) is 3. The zero-order valence-electron chi connectivity index (χ0n) is 11.6. The van der Waals surface area contributed by atoms with Gasteiger partial charge >= 0.3 is 11.7 Å². The van der Waals surface area contributed by atoms with Gasteiger partial charge in [-0.3, -0.25) is 18.7 Å². The summed E-state index contributed by atoms with van der Waals surface area (Å²) in [5.74, 6) is -0.551. The van der Waals surface area contributed by atoms with Crippen molar-refractivity contribution >= 4 is 23.1 Å². The van der Waals surface area contributed by atoms with Crippen molar-refractivity contribution in [3.63, 3.8) is 0 Å². The number of nitrogens with one attached hydrogen (secondary N) is 2. The highest BCUT2D eigenvalue weighted by molar-refractivity contribution is 5.79. The van der Waals surface area contributed by atoms with Crippen molar-refractivity contribution in [2.75, 3.05) is 11.9 Å². The number of aromatic amines is 1. The highest BCUT2D eigenvalue weighted by atomic mass is 16.4. The molecule has 0 aromatic carbocycles. The summed E-state index contributed by atoms with van der Waals surface area (Å²) in [5.41, 5.74) is -1.22. The van der Waals surface area contributed by atoms with Crippen LogP contribution in [0.15, 0.2) is 9.59 Å². The van der Waals surface area contributed by atoms with E-state index in [2.05, 4.69) is 15.3 Å². The maximum Gasteiger partial charge on any atom is 0.332 e. The Labute approximate surface area is 118 Å². The lowest BCUT2D eigenvalue weighted by molar-refractivity contribution is -0.142. The van der Waals surface area contributed by atoms with Crippen LogP contribution in [0.1, 0.15) is 12.8 Å². The molecule has 1 fully saturated rings. The summed E-state index contributed by atoms with van der Waals surface area (Å²) in [6.07, 6.45) is 1.24. The van der Waals surface area contributed by atoms with Crippen LogP contribution in [0, 0.1) is 5.41 Å². The molecule has 0 aliphatic heterocycles. The van der Waals surface area contributed by atoms with Gasteiger partial charge in [0, 0.05) is 20.6 Å². The first-order chi connectivity index (χ1) is 9.85. The maximum absolute atomic E-state index is 12.0. The minimum Gasteiger partial charge on any atom is -0.481 e. The van der Waals surface area contributed by atoms with Crippen LogP contribution in [0.5, 0.6) is 0 Å². The number of anilines is 1. The number of aryl methyl sites for hydroxylation is 1. The van der Waals surface area contributed by atoms with E-state index in [1.165, 1.54) is 18.7 Å². The first-order valence-electron chi connectivity index (χ1n) is 6.49. The molecule has 1 aliphatic rings. The highest BCUT2D eigenvalue weighted by Crippen LogP contribution is 2.45. The number of hydrogen-bond acceptors (Lipinski definition) is 5. The fraction of sp³-hybridized carbons (Fsp3) is 0.500. The van der Waals surface area contributed by atoms with Crippen molar-refractivity contribution < 1.29 is 9.90 Å². The zero-order chi connectivity index (χ0) is 15.4. The van der Waals surface area contributed by atoms with Crippen molar-refractivity contribution in [2.24, 2.45) is 19.5 Å². The van der Waals surface area contributed by atoms with Crippen LogP contribution < -0.4 is 16.6 Å². The molecule has 0 atom stereocenters. The predicted molar refractivity (Wildman–Crippen MR) is 74.4 cm³/mol. The maximum atomic E-state index is 12.0. The molecule has 2 aromatic heterocycles. The number of carbonyl (C=O) groups is 1. The molecule has 9 nitrogen and oxygen atoms in total. The number of rotatable bonds is 4. The predicted octanol–water partition coefficient (Wildman–Crippen LogP) is -0.763. The Morgan fingerprint density at radius 3 is 2.62 bits per heavy atom. The summed E-state index contributed by atoms with van der Waals surface area (Å²) in [6, 6.07) is 0.